The Balaban J connectivity index is 1.55. The molecule has 3 heteroatoms. The summed E-state index contributed by atoms with van der Waals surface area (Å²) in [7, 11) is 0. The van der Waals surface area contributed by atoms with Crippen molar-refractivity contribution >= 4 is 5.69 Å². The van der Waals surface area contributed by atoms with Gasteiger partial charge in [0.05, 0.1) is 0 Å². The van der Waals surface area contributed by atoms with Gasteiger partial charge in [-0.05, 0) is 41.8 Å². The Bertz CT molecular complexity index is 757. The van der Waals surface area contributed by atoms with E-state index in [-0.39, 0.29) is 5.82 Å². The first-order valence-electron chi connectivity index (χ1n) is 9.09. The van der Waals surface area contributed by atoms with E-state index in [1.807, 2.05) is 6.07 Å². The standard InChI is InChI=1S/C23H25FN2/c24-22-11-13-23(14-12-22)25-16-18-26(19-21-9-5-2-6-10-21)17-15-20-7-3-1-4-8-20/h1-14,25H,15-19H2. The lowest BCUT2D eigenvalue weighted by atomic mass is 10.1. The number of nitrogens with one attached hydrogen (secondary N) is 1. The number of hydrogen-bond acceptors (Lipinski definition) is 2. The highest BCUT2D eigenvalue weighted by Crippen LogP contribution is 2.10. The Kier molecular flexibility index (Phi) is 6.80. The van der Waals surface area contributed by atoms with Crippen LogP contribution < -0.4 is 5.32 Å². The summed E-state index contributed by atoms with van der Waals surface area (Å²) in [4.78, 5) is 2.46. The zero-order valence-corrected chi connectivity index (χ0v) is 14.9. The van der Waals surface area contributed by atoms with Crippen LogP contribution in [0.25, 0.3) is 0 Å². The van der Waals surface area contributed by atoms with Gasteiger partial charge >= 0.3 is 0 Å². The molecule has 0 saturated carbocycles. The van der Waals surface area contributed by atoms with Crippen LogP contribution in [0.15, 0.2) is 84.9 Å². The van der Waals surface area contributed by atoms with Crippen LogP contribution in [0.4, 0.5) is 10.1 Å². The maximum atomic E-state index is 13.0. The predicted molar refractivity (Wildman–Crippen MR) is 107 cm³/mol. The van der Waals surface area contributed by atoms with Crippen molar-refractivity contribution in [2.75, 3.05) is 25.0 Å². The fourth-order valence-corrected chi connectivity index (χ4v) is 2.97. The zero-order valence-electron chi connectivity index (χ0n) is 14.9. The van der Waals surface area contributed by atoms with E-state index in [0.717, 1.165) is 38.3 Å². The van der Waals surface area contributed by atoms with Gasteiger partial charge in [0.25, 0.3) is 0 Å². The van der Waals surface area contributed by atoms with Gasteiger partial charge < -0.3 is 5.32 Å². The van der Waals surface area contributed by atoms with Crippen LogP contribution in [0.5, 0.6) is 0 Å². The average Bonchev–Trinajstić information content (AvgIpc) is 2.69. The van der Waals surface area contributed by atoms with Gasteiger partial charge in [0, 0.05) is 31.9 Å². The molecule has 0 spiro atoms. The van der Waals surface area contributed by atoms with Crippen molar-refractivity contribution in [3.8, 4) is 0 Å². The fourth-order valence-electron chi connectivity index (χ4n) is 2.97. The quantitative estimate of drug-likeness (QED) is 0.586. The van der Waals surface area contributed by atoms with Crippen LogP contribution in [0, 0.1) is 5.82 Å². The van der Waals surface area contributed by atoms with E-state index in [1.54, 1.807) is 12.1 Å². The molecule has 134 valence electrons. The molecule has 0 aliphatic heterocycles. The van der Waals surface area contributed by atoms with Crippen LogP contribution in [0.1, 0.15) is 11.1 Å². The smallest absolute Gasteiger partial charge is 0.123 e. The lowest BCUT2D eigenvalue weighted by Gasteiger charge is -2.23. The summed E-state index contributed by atoms with van der Waals surface area (Å²) in [5.41, 5.74) is 3.63. The Morgan fingerprint density at radius 2 is 1.31 bits per heavy atom. The lowest BCUT2D eigenvalue weighted by molar-refractivity contribution is 0.279. The third kappa shape index (κ3) is 6.01. The molecular weight excluding hydrogens is 323 g/mol. The second-order valence-electron chi connectivity index (χ2n) is 6.43. The summed E-state index contributed by atoms with van der Waals surface area (Å²) >= 11 is 0. The molecule has 0 aliphatic rings. The van der Waals surface area contributed by atoms with Gasteiger partial charge in [-0.2, -0.15) is 0 Å². The maximum absolute atomic E-state index is 13.0. The molecule has 0 aliphatic carbocycles. The second kappa shape index (κ2) is 9.73. The summed E-state index contributed by atoms with van der Waals surface area (Å²) in [5.74, 6) is -0.205. The summed E-state index contributed by atoms with van der Waals surface area (Å²) in [6.45, 7) is 3.69. The predicted octanol–water partition coefficient (Wildman–Crippen LogP) is 4.98. The molecule has 3 aromatic rings. The minimum absolute atomic E-state index is 0.205. The minimum atomic E-state index is -0.205. The van der Waals surface area contributed by atoms with E-state index in [4.69, 9.17) is 0 Å². The van der Waals surface area contributed by atoms with Gasteiger partial charge in [-0.3, -0.25) is 4.90 Å². The van der Waals surface area contributed by atoms with Gasteiger partial charge in [-0.1, -0.05) is 60.7 Å². The normalized spacial score (nSPS) is 10.8. The summed E-state index contributed by atoms with van der Waals surface area (Å²) in [6.07, 6.45) is 1.03. The SMILES string of the molecule is Fc1ccc(NCCN(CCc2ccccc2)Cc2ccccc2)cc1. The average molecular weight is 348 g/mol. The number of rotatable bonds is 9. The van der Waals surface area contributed by atoms with Crippen LogP contribution >= 0.6 is 0 Å². The Hall–Kier alpha value is -2.65. The molecule has 0 heterocycles. The highest BCUT2D eigenvalue weighted by atomic mass is 19.1. The van der Waals surface area contributed by atoms with Crippen LogP contribution in [-0.4, -0.2) is 24.5 Å². The summed E-state index contributed by atoms with van der Waals surface area (Å²) in [6, 6.07) is 27.7. The van der Waals surface area contributed by atoms with Crippen molar-refractivity contribution < 1.29 is 4.39 Å². The molecule has 0 fully saturated rings. The Labute approximate surface area is 155 Å². The second-order valence-corrected chi connectivity index (χ2v) is 6.43. The number of hydrogen-bond donors (Lipinski definition) is 1. The van der Waals surface area contributed by atoms with Crippen molar-refractivity contribution in [3.63, 3.8) is 0 Å². The zero-order chi connectivity index (χ0) is 18.0. The van der Waals surface area contributed by atoms with Crippen LogP contribution in [0.2, 0.25) is 0 Å². The molecule has 1 N–H and O–H groups in total. The number of benzene rings is 3. The first-order chi connectivity index (χ1) is 12.8. The molecule has 3 aromatic carbocycles. The van der Waals surface area contributed by atoms with E-state index in [0.29, 0.717) is 0 Å². The third-order valence-electron chi connectivity index (χ3n) is 4.41. The molecular formula is C23H25FN2. The fraction of sp³-hybridized carbons (Fsp3) is 0.217. The van der Waals surface area contributed by atoms with E-state index >= 15 is 0 Å². The Morgan fingerprint density at radius 3 is 1.96 bits per heavy atom. The number of nitrogens with zero attached hydrogens (tertiary/aromatic N) is 1. The molecule has 0 radical (unpaired) electrons. The lowest BCUT2D eigenvalue weighted by Crippen LogP contribution is -2.30. The van der Waals surface area contributed by atoms with E-state index in [9.17, 15) is 4.39 Å². The van der Waals surface area contributed by atoms with E-state index < -0.39 is 0 Å². The molecule has 3 rings (SSSR count). The molecule has 26 heavy (non-hydrogen) atoms. The van der Waals surface area contributed by atoms with Crippen molar-refractivity contribution in [1.82, 2.24) is 4.90 Å². The molecule has 0 aromatic heterocycles. The molecule has 2 nitrogen and oxygen atoms in total. The molecule has 0 saturated heterocycles. The molecule has 0 unspecified atom stereocenters. The summed E-state index contributed by atoms with van der Waals surface area (Å²) < 4.78 is 13.0. The van der Waals surface area contributed by atoms with Gasteiger partial charge in [0.2, 0.25) is 0 Å². The molecule has 0 bridgehead atoms. The highest BCUT2D eigenvalue weighted by Gasteiger charge is 2.06. The van der Waals surface area contributed by atoms with Gasteiger partial charge in [-0.15, -0.1) is 0 Å². The maximum Gasteiger partial charge on any atom is 0.123 e. The van der Waals surface area contributed by atoms with Crippen molar-refractivity contribution in [3.05, 3.63) is 102 Å². The van der Waals surface area contributed by atoms with Crippen molar-refractivity contribution in [2.24, 2.45) is 0 Å². The summed E-state index contributed by atoms with van der Waals surface area (Å²) in [5, 5.41) is 3.38. The van der Waals surface area contributed by atoms with Crippen molar-refractivity contribution in [2.45, 2.75) is 13.0 Å². The van der Waals surface area contributed by atoms with Gasteiger partial charge in [0.1, 0.15) is 5.82 Å². The van der Waals surface area contributed by atoms with Crippen molar-refractivity contribution in [1.29, 1.82) is 0 Å². The van der Waals surface area contributed by atoms with Gasteiger partial charge in [0.15, 0.2) is 0 Å². The first kappa shape index (κ1) is 18.2. The largest absolute Gasteiger partial charge is 0.384 e. The number of halogens is 1. The van der Waals surface area contributed by atoms with Crippen LogP contribution in [-0.2, 0) is 13.0 Å². The highest BCUT2D eigenvalue weighted by molar-refractivity contribution is 5.42. The number of anilines is 1. The van der Waals surface area contributed by atoms with Crippen LogP contribution in [0.3, 0.4) is 0 Å². The topological polar surface area (TPSA) is 15.3 Å². The Morgan fingerprint density at radius 1 is 0.692 bits per heavy atom. The van der Waals surface area contributed by atoms with E-state index in [2.05, 4.69) is 64.8 Å². The van der Waals surface area contributed by atoms with E-state index in [1.165, 1.54) is 23.3 Å². The third-order valence-corrected chi connectivity index (χ3v) is 4.41. The van der Waals surface area contributed by atoms with Gasteiger partial charge in [-0.25, -0.2) is 4.39 Å². The monoisotopic (exact) mass is 348 g/mol. The molecule has 0 amide bonds. The molecule has 0 atom stereocenters. The minimum Gasteiger partial charge on any atom is -0.384 e. The first-order valence-corrected chi connectivity index (χ1v) is 9.09.